The Hall–Kier alpha value is -2.53. The second kappa shape index (κ2) is 5.35. The van der Waals surface area contributed by atoms with Gasteiger partial charge in [-0.2, -0.15) is 0 Å². The molecule has 2 N–H and O–H groups in total. The number of hydrogen-bond donors (Lipinski definition) is 2. The van der Waals surface area contributed by atoms with Gasteiger partial charge in [-0.05, 0) is 48.9 Å². The van der Waals surface area contributed by atoms with Crippen molar-refractivity contribution in [3.63, 3.8) is 0 Å². The van der Waals surface area contributed by atoms with Crippen molar-refractivity contribution >= 4 is 22.5 Å². The van der Waals surface area contributed by atoms with Gasteiger partial charge in [0.2, 0.25) is 5.75 Å². The summed E-state index contributed by atoms with van der Waals surface area (Å²) in [5, 5.41) is 11.2. The number of H-pyrrole nitrogens is 1. The van der Waals surface area contributed by atoms with Crippen LogP contribution in [0.1, 0.15) is 5.56 Å². The first kappa shape index (κ1) is 14.4. The molecule has 0 saturated carbocycles. The number of ether oxygens (including phenoxy) is 1. The fraction of sp³-hybridized carbons (Fsp3) is 0.0625. The van der Waals surface area contributed by atoms with Gasteiger partial charge in [0.15, 0.2) is 5.75 Å². The lowest BCUT2D eigenvalue weighted by molar-refractivity contribution is 0.410. The highest BCUT2D eigenvalue weighted by Crippen LogP contribution is 2.35. The van der Waals surface area contributed by atoms with E-state index in [0.717, 1.165) is 5.56 Å². The van der Waals surface area contributed by atoms with Gasteiger partial charge in [-0.3, -0.25) is 4.79 Å². The third-order valence-corrected chi connectivity index (χ3v) is 3.66. The normalized spacial score (nSPS) is 10.9. The van der Waals surface area contributed by atoms with Crippen LogP contribution in [-0.2, 0) is 0 Å². The van der Waals surface area contributed by atoms with Crippen LogP contribution in [0.15, 0.2) is 41.2 Å². The Balaban J connectivity index is 2.15. The van der Waals surface area contributed by atoms with Crippen molar-refractivity contribution in [1.82, 2.24) is 4.98 Å². The molecule has 22 heavy (non-hydrogen) atoms. The average molecular weight is 320 g/mol. The van der Waals surface area contributed by atoms with Gasteiger partial charge in [0.05, 0.1) is 5.52 Å². The number of benzene rings is 2. The molecule has 0 aliphatic carbocycles. The van der Waals surface area contributed by atoms with Crippen LogP contribution in [0.4, 0.5) is 4.39 Å². The molecule has 4 nitrogen and oxygen atoms in total. The van der Waals surface area contributed by atoms with E-state index in [1.807, 2.05) is 0 Å². The summed E-state index contributed by atoms with van der Waals surface area (Å²) in [6, 6.07) is 8.35. The molecule has 3 aromatic rings. The second-order valence-electron chi connectivity index (χ2n) is 4.83. The van der Waals surface area contributed by atoms with Crippen LogP contribution in [0.5, 0.6) is 17.2 Å². The van der Waals surface area contributed by atoms with Crippen LogP contribution in [0, 0.1) is 12.7 Å². The van der Waals surface area contributed by atoms with Gasteiger partial charge < -0.3 is 14.8 Å². The molecule has 0 unspecified atom stereocenters. The Kier molecular flexibility index (Phi) is 3.50. The van der Waals surface area contributed by atoms with E-state index in [1.165, 1.54) is 24.3 Å². The third kappa shape index (κ3) is 2.51. The molecule has 1 aromatic heterocycles. The van der Waals surface area contributed by atoms with E-state index in [0.29, 0.717) is 15.9 Å². The zero-order valence-corrected chi connectivity index (χ0v) is 12.2. The molecule has 0 amide bonds. The number of halogens is 2. The number of aromatic amines is 1. The Labute approximate surface area is 129 Å². The molecule has 0 atom stereocenters. The number of hydrogen-bond acceptors (Lipinski definition) is 3. The highest BCUT2D eigenvalue weighted by atomic mass is 35.5. The molecular formula is C16H11ClFNO3. The van der Waals surface area contributed by atoms with Crippen molar-refractivity contribution in [1.29, 1.82) is 0 Å². The Bertz CT molecular complexity index is 919. The number of aryl methyl sites for hydroxylation is 1. The summed E-state index contributed by atoms with van der Waals surface area (Å²) in [7, 11) is 0. The molecule has 0 aliphatic rings. The number of fused-ring (bicyclic) bond motifs is 1. The van der Waals surface area contributed by atoms with Crippen molar-refractivity contribution < 1.29 is 14.2 Å². The van der Waals surface area contributed by atoms with E-state index in [-0.39, 0.29) is 17.2 Å². The van der Waals surface area contributed by atoms with Crippen LogP contribution in [0.25, 0.3) is 10.9 Å². The van der Waals surface area contributed by atoms with E-state index >= 15 is 0 Å². The molecule has 3 rings (SSSR count). The molecule has 0 bridgehead atoms. The summed E-state index contributed by atoms with van der Waals surface area (Å²) in [4.78, 5) is 14.7. The molecule has 6 heteroatoms. The van der Waals surface area contributed by atoms with Crippen molar-refractivity contribution in [2.24, 2.45) is 0 Å². The fourth-order valence-electron chi connectivity index (χ4n) is 2.10. The number of aromatic nitrogens is 1. The molecule has 112 valence electrons. The van der Waals surface area contributed by atoms with Crippen molar-refractivity contribution in [3.8, 4) is 17.2 Å². The van der Waals surface area contributed by atoms with E-state index in [2.05, 4.69) is 4.98 Å². The molecule has 0 saturated heterocycles. The maximum atomic E-state index is 12.9. The van der Waals surface area contributed by atoms with Crippen molar-refractivity contribution in [3.05, 3.63) is 63.2 Å². The average Bonchev–Trinajstić information content (AvgIpc) is 2.48. The Morgan fingerprint density at radius 3 is 2.59 bits per heavy atom. The summed E-state index contributed by atoms with van der Waals surface area (Å²) in [6.07, 6.45) is 0. The topological polar surface area (TPSA) is 62.3 Å². The SMILES string of the molecule is Cc1cc2c(O)c(Oc3ccc(F)cc3)c(=O)[nH]c2cc1Cl. The van der Waals surface area contributed by atoms with Crippen molar-refractivity contribution in [2.45, 2.75) is 6.92 Å². The van der Waals surface area contributed by atoms with Crippen LogP contribution in [-0.4, -0.2) is 10.1 Å². The molecular weight excluding hydrogens is 309 g/mol. The molecule has 0 spiro atoms. The second-order valence-corrected chi connectivity index (χ2v) is 5.24. The highest BCUT2D eigenvalue weighted by Gasteiger charge is 2.15. The Morgan fingerprint density at radius 1 is 1.23 bits per heavy atom. The fourth-order valence-corrected chi connectivity index (χ4v) is 2.27. The van der Waals surface area contributed by atoms with Crippen LogP contribution in [0.3, 0.4) is 0 Å². The van der Waals surface area contributed by atoms with Crippen LogP contribution in [0.2, 0.25) is 5.02 Å². The van der Waals surface area contributed by atoms with Crippen LogP contribution < -0.4 is 10.3 Å². The molecule has 0 fully saturated rings. The quantitative estimate of drug-likeness (QED) is 0.746. The first-order valence-corrected chi connectivity index (χ1v) is 6.82. The molecule has 2 aromatic carbocycles. The van der Waals surface area contributed by atoms with E-state index < -0.39 is 11.4 Å². The van der Waals surface area contributed by atoms with Gasteiger partial charge in [0, 0.05) is 10.4 Å². The lowest BCUT2D eigenvalue weighted by Crippen LogP contribution is -2.09. The maximum absolute atomic E-state index is 12.9. The minimum atomic E-state index is -0.603. The van der Waals surface area contributed by atoms with E-state index in [1.54, 1.807) is 19.1 Å². The standard InChI is InChI=1S/C16H11ClFNO3/c1-8-6-11-13(7-12(8)17)19-16(21)15(14(11)20)22-10-4-2-9(18)3-5-10/h2-7H,1H3,(H2,19,20,21). The number of rotatable bonds is 2. The predicted octanol–water partition coefficient (Wildman–Crippen LogP) is 4.13. The van der Waals surface area contributed by atoms with Gasteiger partial charge in [0.1, 0.15) is 11.6 Å². The van der Waals surface area contributed by atoms with Gasteiger partial charge in [0.25, 0.3) is 5.56 Å². The summed E-state index contributed by atoms with van der Waals surface area (Å²) in [5.41, 5.74) is 0.558. The maximum Gasteiger partial charge on any atom is 0.295 e. The first-order chi connectivity index (χ1) is 10.5. The summed E-state index contributed by atoms with van der Waals surface area (Å²) < 4.78 is 18.3. The molecule has 0 aliphatic heterocycles. The third-order valence-electron chi connectivity index (χ3n) is 3.26. The predicted molar refractivity (Wildman–Crippen MR) is 82.5 cm³/mol. The Morgan fingerprint density at radius 2 is 1.91 bits per heavy atom. The summed E-state index contributed by atoms with van der Waals surface area (Å²) in [6.45, 7) is 1.78. The van der Waals surface area contributed by atoms with Gasteiger partial charge in [-0.15, -0.1) is 0 Å². The van der Waals surface area contributed by atoms with Gasteiger partial charge in [-0.25, -0.2) is 4.39 Å². The smallest absolute Gasteiger partial charge is 0.295 e. The van der Waals surface area contributed by atoms with Gasteiger partial charge in [-0.1, -0.05) is 11.6 Å². The number of aromatic hydroxyl groups is 1. The minimum absolute atomic E-state index is 0.243. The zero-order chi connectivity index (χ0) is 15.9. The summed E-state index contributed by atoms with van der Waals surface area (Å²) >= 11 is 6.01. The molecule has 0 radical (unpaired) electrons. The largest absolute Gasteiger partial charge is 0.504 e. The highest BCUT2D eigenvalue weighted by molar-refractivity contribution is 6.32. The zero-order valence-electron chi connectivity index (χ0n) is 11.5. The lowest BCUT2D eigenvalue weighted by atomic mass is 10.1. The lowest BCUT2D eigenvalue weighted by Gasteiger charge is -2.10. The van der Waals surface area contributed by atoms with Gasteiger partial charge >= 0.3 is 0 Å². The monoisotopic (exact) mass is 319 g/mol. The van der Waals surface area contributed by atoms with Crippen LogP contribution >= 0.6 is 11.6 Å². The molecule has 1 heterocycles. The van der Waals surface area contributed by atoms with Crippen molar-refractivity contribution in [2.75, 3.05) is 0 Å². The van der Waals surface area contributed by atoms with E-state index in [9.17, 15) is 14.3 Å². The first-order valence-electron chi connectivity index (χ1n) is 6.44. The minimum Gasteiger partial charge on any atom is -0.504 e. The number of pyridine rings is 1. The summed E-state index contributed by atoms with van der Waals surface area (Å²) in [5.74, 6) is -0.717. The number of nitrogens with one attached hydrogen (secondary N) is 1. The van der Waals surface area contributed by atoms with E-state index in [4.69, 9.17) is 16.3 Å².